The summed E-state index contributed by atoms with van der Waals surface area (Å²) >= 11 is 5.56. The molecule has 1 aromatic carbocycles. The lowest BCUT2D eigenvalue weighted by molar-refractivity contribution is 0.269. The molecule has 1 saturated carbocycles. The van der Waals surface area contributed by atoms with Crippen molar-refractivity contribution in [1.82, 2.24) is 0 Å². The van der Waals surface area contributed by atoms with Gasteiger partial charge in [0.15, 0.2) is 0 Å². The summed E-state index contributed by atoms with van der Waals surface area (Å²) in [4.78, 5) is 0. The molecule has 1 aliphatic carbocycles. The first kappa shape index (κ1) is 10.4. The second-order valence-corrected chi connectivity index (χ2v) is 4.20. The molecule has 2 atom stereocenters. The number of benzene rings is 1. The molecule has 78 valence electrons. The first-order valence-corrected chi connectivity index (χ1v) is 4.99. The maximum Gasteiger partial charge on any atom is 0.142 e. The van der Waals surface area contributed by atoms with Gasteiger partial charge >= 0.3 is 0 Å². The monoisotopic (exact) mass is 225 g/mol. The molecule has 2 nitrogen and oxygen atoms in total. The molecule has 0 spiro atoms. The third kappa shape index (κ3) is 1.50. The van der Waals surface area contributed by atoms with Crippen LogP contribution in [-0.2, 0) is 5.41 Å². The Balaban J connectivity index is 2.39. The molecular formula is C11H9ClFNO. The van der Waals surface area contributed by atoms with Crippen molar-refractivity contribution >= 4 is 11.6 Å². The largest absolute Gasteiger partial charge is 0.396 e. The topological polar surface area (TPSA) is 44.0 Å². The zero-order valence-corrected chi connectivity index (χ0v) is 8.63. The van der Waals surface area contributed by atoms with E-state index in [0.717, 1.165) is 0 Å². The highest BCUT2D eigenvalue weighted by Gasteiger charge is 2.55. The van der Waals surface area contributed by atoms with E-state index >= 15 is 0 Å². The Hall–Kier alpha value is -1.11. The Morgan fingerprint density at radius 1 is 1.67 bits per heavy atom. The summed E-state index contributed by atoms with van der Waals surface area (Å²) in [6, 6.07) is 6.51. The van der Waals surface area contributed by atoms with Crippen LogP contribution >= 0.6 is 11.6 Å². The van der Waals surface area contributed by atoms with Crippen LogP contribution in [0.5, 0.6) is 0 Å². The van der Waals surface area contributed by atoms with E-state index in [1.54, 1.807) is 6.07 Å². The average Bonchev–Trinajstić information content (AvgIpc) is 2.97. The number of hydrogen-bond acceptors (Lipinski definition) is 2. The van der Waals surface area contributed by atoms with Gasteiger partial charge in [-0.25, -0.2) is 4.39 Å². The van der Waals surface area contributed by atoms with Crippen molar-refractivity contribution in [3.05, 3.63) is 34.6 Å². The van der Waals surface area contributed by atoms with E-state index in [4.69, 9.17) is 22.0 Å². The van der Waals surface area contributed by atoms with E-state index in [1.165, 1.54) is 12.1 Å². The van der Waals surface area contributed by atoms with Gasteiger partial charge in [0.2, 0.25) is 0 Å². The number of aliphatic hydroxyl groups excluding tert-OH is 1. The van der Waals surface area contributed by atoms with Gasteiger partial charge in [-0.15, -0.1) is 0 Å². The van der Waals surface area contributed by atoms with E-state index in [0.29, 0.717) is 12.0 Å². The molecule has 15 heavy (non-hydrogen) atoms. The Morgan fingerprint density at radius 2 is 2.40 bits per heavy atom. The highest BCUT2D eigenvalue weighted by atomic mass is 35.5. The number of nitriles is 1. The van der Waals surface area contributed by atoms with Crippen LogP contribution in [0.4, 0.5) is 4.39 Å². The van der Waals surface area contributed by atoms with Gasteiger partial charge < -0.3 is 5.11 Å². The minimum Gasteiger partial charge on any atom is -0.396 e. The predicted molar refractivity (Wildman–Crippen MR) is 53.9 cm³/mol. The zero-order chi connectivity index (χ0) is 11.1. The number of halogens is 2. The van der Waals surface area contributed by atoms with Crippen LogP contribution in [0.15, 0.2) is 18.2 Å². The van der Waals surface area contributed by atoms with Crippen molar-refractivity contribution in [2.75, 3.05) is 6.61 Å². The van der Waals surface area contributed by atoms with E-state index < -0.39 is 11.2 Å². The Bertz CT molecular complexity index is 443. The standard InChI is InChI=1S/C11H9ClFNO/c12-9-2-1-7(3-10(9)13)11(6-14)4-8(11)5-15/h1-3,8,15H,4-5H2/t8-,11-/m1/s1. The molecule has 0 amide bonds. The van der Waals surface area contributed by atoms with E-state index in [1.807, 2.05) is 0 Å². The molecule has 1 aliphatic rings. The molecular weight excluding hydrogens is 217 g/mol. The highest BCUT2D eigenvalue weighted by Crippen LogP contribution is 2.53. The van der Waals surface area contributed by atoms with Gasteiger partial charge in [0, 0.05) is 12.5 Å². The summed E-state index contributed by atoms with van der Waals surface area (Å²) in [5.74, 6) is -0.601. The Labute approximate surface area is 91.9 Å². The summed E-state index contributed by atoms with van der Waals surface area (Å²) in [6.07, 6.45) is 0.584. The van der Waals surface area contributed by atoms with Gasteiger partial charge in [-0.3, -0.25) is 0 Å². The van der Waals surface area contributed by atoms with E-state index in [-0.39, 0.29) is 17.5 Å². The van der Waals surface area contributed by atoms with Crippen molar-refractivity contribution < 1.29 is 9.50 Å². The molecule has 2 rings (SSSR count). The van der Waals surface area contributed by atoms with Crippen LogP contribution in [0.2, 0.25) is 5.02 Å². The number of aliphatic hydroxyl groups is 1. The van der Waals surface area contributed by atoms with E-state index in [9.17, 15) is 4.39 Å². The SMILES string of the molecule is N#C[C@@]1(c2ccc(Cl)c(F)c2)C[C@@H]1CO. The quantitative estimate of drug-likeness (QED) is 0.839. The van der Waals surface area contributed by atoms with Crippen molar-refractivity contribution in [2.24, 2.45) is 5.92 Å². The fourth-order valence-corrected chi connectivity index (χ4v) is 2.00. The average molecular weight is 226 g/mol. The van der Waals surface area contributed by atoms with Gasteiger partial charge in [0.1, 0.15) is 5.82 Å². The van der Waals surface area contributed by atoms with Gasteiger partial charge in [0.25, 0.3) is 0 Å². The van der Waals surface area contributed by atoms with Crippen molar-refractivity contribution in [3.63, 3.8) is 0 Å². The molecule has 1 N–H and O–H groups in total. The maximum absolute atomic E-state index is 13.2. The molecule has 1 aromatic rings. The smallest absolute Gasteiger partial charge is 0.142 e. The van der Waals surface area contributed by atoms with Crippen molar-refractivity contribution in [1.29, 1.82) is 5.26 Å². The Morgan fingerprint density at radius 3 is 2.87 bits per heavy atom. The zero-order valence-electron chi connectivity index (χ0n) is 7.87. The predicted octanol–water partition coefficient (Wildman–Crippen LogP) is 2.25. The van der Waals surface area contributed by atoms with Gasteiger partial charge in [-0.05, 0) is 24.1 Å². The van der Waals surface area contributed by atoms with Crippen LogP contribution in [0.1, 0.15) is 12.0 Å². The van der Waals surface area contributed by atoms with E-state index in [2.05, 4.69) is 6.07 Å². The van der Waals surface area contributed by atoms with Crippen LogP contribution in [-0.4, -0.2) is 11.7 Å². The first-order valence-electron chi connectivity index (χ1n) is 4.61. The second kappa shape index (κ2) is 3.48. The minimum atomic E-state index is -0.708. The lowest BCUT2D eigenvalue weighted by Crippen LogP contribution is -2.09. The molecule has 0 heterocycles. The fourth-order valence-electron chi connectivity index (χ4n) is 1.88. The Kier molecular flexibility index (Phi) is 2.41. The molecule has 0 radical (unpaired) electrons. The van der Waals surface area contributed by atoms with Crippen molar-refractivity contribution in [3.8, 4) is 6.07 Å². The molecule has 0 aromatic heterocycles. The maximum atomic E-state index is 13.2. The fraction of sp³-hybridized carbons (Fsp3) is 0.364. The van der Waals surface area contributed by atoms with Crippen LogP contribution < -0.4 is 0 Å². The second-order valence-electron chi connectivity index (χ2n) is 3.80. The third-order valence-corrected chi connectivity index (χ3v) is 3.27. The van der Waals surface area contributed by atoms with Gasteiger partial charge in [-0.2, -0.15) is 5.26 Å². The number of hydrogen-bond donors (Lipinski definition) is 1. The molecule has 4 heteroatoms. The molecule has 1 fully saturated rings. The van der Waals surface area contributed by atoms with Crippen molar-refractivity contribution in [2.45, 2.75) is 11.8 Å². The first-order chi connectivity index (χ1) is 7.14. The summed E-state index contributed by atoms with van der Waals surface area (Å²) < 4.78 is 13.2. The summed E-state index contributed by atoms with van der Waals surface area (Å²) in [6.45, 7) is -0.0438. The molecule has 0 aliphatic heterocycles. The molecule has 0 bridgehead atoms. The van der Waals surface area contributed by atoms with Gasteiger partial charge in [-0.1, -0.05) is 17.7 Å². The van der Waals surface area contributed by atoms with Gasteiger partial charge in [0.05, 0.1) is 16.5 Å². The molecule has 0 saturated heterocycles. The number of nitrogens with zero attached hydrogens (tertiary/aromatic N) is 1. The highest BCUT2D eigenvalue weighted by molar-refractivity contribution is 6.30. The summed E-state index contributed by atoms with van der Waals surface area (Å²) in [7, 11) is 0. The van der Waals surface area contributed by atoms with Crippen LogP contribution in [0, 0.1) is 23.1 Å². The summed E-state index contributed by atoms with van der Waals surface area (Å²) in [5, 5.41) is 18.1. The lowest BCUT2D eigenvalue weighted by Gasteiger charge is -2.08. The summed E-state index contributed by atoms with van der Waals surface area (Å²) in [5.41, 5.74) is -0.105. The lowest BCUT2D eigenvalue weighted by atomic mass is 9.95. The normalized spacial score (nSPS) is 28.5. The molecule has 0 unspecified atom stereocenters. The van der Waals surface area contributed by atoms with Crippen LogP contribution in [0.25, 0.3) is 0 Å². The minimum absolute atomic E-state index is 0.0438. The third-order valence-electron chi connectivity index (χ3n) is 2.96. The van der Waals surface area contributed by atoms with Crippen LogP contribution in [0.3, 0.4) is 0 Å². The number of rotatable bonds is 2.